The van der Waals surface area contributed by atoms with Crippen molar-refractivity contribution in [1.82, 2.24) is 0 Å². The number of halogens is 6. The van der Waals surface area contributed by atoms with Gasteiger partial charge in [-0.15, -0.1) is 23.2 Å². The third-order valence-electron chi connectivity index (χ3n) is 5.33. The molecule has 2 N–H and O–H groups in total. The van der Waals surface area contributed by atoms with Gasteiger partial charge in [0.1, 0.15) is 9.75 Å². The minimum absolute atomic E-state index is 0.0960. The number of anilines is 1. The maximum absolute atomic E-state index is 13.1. The van der Waals surface area contributed by atoms with Crippen LogP contribution in [0.3, 0.4) is 0 Å². The number of carbonyl (C=O) groups excluding carboxylic acids is 2. The molecule has 150 valence electrons. The molecule has 0 aromatic heterocycles. The van der Waals surface area contributed by atoms with E-state index in [1.54, 1.807) is 0 Å². The summed E-state index contributed by atoms with van der Waals surface area (Å²) in [5, 5.41) is 4.67. The summed E-state index contributed by atoms with van der Waals surface area (Å²) in [6.45, 7) is 0. The molecule has 6 nitrogen and oxygen atoms in total. The Bertz CT molecular complexity index is 1040. The maximum atomic E-state index is 13.1. The fourth-order valence-corrected chi connectivity index (χ4v) is 7.48. The first-order valence-electron chi connectivity index (χ1n) is 7.55. The molecule has 1 heterocycles. The summed E-state index contributed by atoms with van der Waals surface area (Å²) in [7, 11) is -3.95. The van der Waals surface area contributed by atoms with Crippen molar-refractivity contribution in [3.63, 3.8) is 0 Å². The lowest BCUT2D eigenvalue weighted by Gasteiger charge is -2.34. The lowest BCUT2D eigenvalue weighted by atomic mass is 9.84. The van der Waals surface area contributed by atoms with E-state index in [2.05, 4.69) is 0 Å². The lowest BCUT2D eigenvalue weighted by molar-refractivity contribution is -0.123. The van der Waals surface area contributed by atoms with Gasteiger partial charge in [0.25, 0.3) is 0 Å². The molecular formula is C15H8Cl6N2O4S. The Morgan fingerprint density at radius 1 is 0.857 bits per heavy atom. The first-order valence-corrected chi connectivity index (χ1v) is 11.4. The molecule has 4 atom stereocenters. The van der Waals surface area contributed by atoms with E-state index >= 15 is 0 Å². The van der Waals surface area contributed by atoms with Crippen LogP contribution in [0, 0.1) is 11.8 Å². The van der Waals surface area contributed by atoms with E-state index in [9.17, 15) is 18.0 Å². The first kappa shape index (κ1) is 21.0. The van der Waals surface area contributed by atoms with Crippen molar-refractivity contribution in [2.75, 3.05) is 4.90 Å². The summed E-state index contributed by atoms with van der Waals surface area (Å²) in [6.07, 6.45) is 0. The van der Waals surface area contributed by atoms with Gasteiger partial charge in [0.15, 0.2) is 4.33 Å². The second-order valence-corrected chi connectivity index (χ2v) is 11.5. The van der Waals surface area contributed by atoms with E-state index in [1.165, 1.54) is 12.1 Å². The second-order valence-electron chi connectivity index (χ2n) is 6.63. The molecule has 2 aliphatic carbocycles. The lowest BCUT2D eigenvalue weighted by Crippen LogP contribution is -2.50. The fourth-order valence-electron chi connectivity index (χ4n) is 4.03. The van der Waals surface area contributed by atoms with Crippen molar-refractivity contribution in [3.05, 3.63) is 34.3 Å². The van der Waals surface area contributed by atoms with Crippen molar-refractivity contribution >= 4 is 97.1 Å². The smallest absolute Gasteiger partial charge is 0.240 e. The van der Waals surface area contributed by atoms with Gasteiger partial charge in [0.2, 0.25) is 21.8 Å². The van der Waals surface area contributed by atoms with E-state index in [-0.39, 0.29) is 20.6 Å². The van der Waals surface area contributed by atoms with Crippen molar-refractivity contribution < 1.29 is 18.0 Å². The number of rotatable bonds is 2. The third-order valence-corrected chi connectivity index (χ3v) is 10.5. The molecule has 0 spiro atoms. The van der Waals surface area contributed by atoms with Gasteiger partial charge >= 0.3 is 0 Å². The zero-order chi connectivity index (χ0) is 21.0. The summed E-state index contributed by atoms with van der Waals surface area (Å²) in [4.78, 5) is 23.1. The summed E-state index contributed by atoms with van der Waals surface area (Å²) in [5.74, 6) is -3.99. The largest absolute Gasteiger partial charge is 0.274 e. The van der Waals surface area contributed by atoms with Gasteiger partial charge in [-0.2, -0.15) is 0 Å². The molecule has 4 rings (SSSR count). The highest BCUT2D eigenvalue weighted by atomic mass is 35.5. The van der Waals surface area contributed by atoms with Gasteiger partial charge in [-0.1, -0.05) is 46.4 Å². The first-order chi connectivity index (χ1) is 12.7. The second kappa shape index (κ2) is 5.92. The van der Waals surface area contributed by atoms with E-state index in [0.29, 0.717) is 0 Å². The Morgan fingerprint density at radius 3 is 1.61 bits per heavy atom. The van der Waals surface area contributed by atoms with Crippen LogP contribution in [0.5, 0.6) is 0 Å². The average Bonchev–Trinajstić information content (AvgIpc) is 2.99. The Balaban J connectivity index is 1.84. The number of benzene rings is 1. The SMILES string of the molecule is NS(=O)(=O)c1ccc(N2C(=O)[C@@H]3[C@@H](C2=O)[C@]2(Cl)C(Cl)=C(Cl)[C@]3(Cl)C2(Cl)Cl)cc1. The molecule has 1 saturated carbocycles. The van der Waals surface area contributed by atoms with Crippen LogP contribution in [0.2, 0.25) is 0 Å². The number of fused-ring (bicyclic) bond motifs is 5. The maximum Gasteiger partial charge on any atom is 0.240 e. The molecular weight excluding hydrogens is 517 g/mol. The number of nitrogens with two attached hydrogens (primary N) is 1. The number of hydrogen-bond donors (Lipinski definition) is 1. The highest BCUT2D eigenvalue weighted by Crippen LogP contribution is 2.77. The predicted molar refractivity (Wildman–Crippen MR) is 108 cm³/mol. The number of nitrogens with zero attached hydrogens (tertiary/aromatic N) is 1. The number of amides is 2. The van der Waals surface area contributed by atoms with Crippen LogP contribution >= 0.6 is 69.6 Å². The van der Waals surface area contributed by atoms with Crippen LogP contribution < -0.4 is 10.0 Å². The molecule has 2 amide bonds. The number of primary sulfonamides is 1. The predicted octanol–water partition coefficient (Wildman–Crippen LogP) is 3.29. The Morgan fingerprint density at radius 2 is 1.25 bits per heavy atom. The van der Waals surface area contributed by atoms with Crippen LogP contribution in [0.1, 0.15) is 0 Å². The third kappa shape index (κ3) is 2.15. The molecule has 3 aliphatic rings. The van der Waals surface area contributed by atoms with Gasteiger partial charge in [-0.05, 0) is 24.3 Å². The summed E-state index contributed by atoms with van der Waals surface area (Å²) < 4.78 is 20.8. The van der Waals surface area contributed by atoms with Crippen molar-refractivity contribution in [1.29, 1.82) is 0 Å². The number of sulfonamides is 1. The minimum Gasteiger partial charge on any atom is -0.274 e. The quantitative estimate of drug-likeness (QED) is 0.474. The monoisotopic (exact) mass is 522 g/mol. The van der Waals surface area contributed by atoms with Gasteiger partial charge in [0, 0.05) is 0 Å². The Labute approximate surface area is 189 Å². The van der Waals surface area contributed by atoms with Crippen molar-refractivity contribution in [2.24, 2.45) is 17.0 Å². The van der Waals surface area contributed by atoms with Crippen molar-refractivity contribution in [2.45, 2.75) is 19.0 Å². The van der Waals surface area contributed by atoms with Crippen LogP contribution in [0.15, 0.2) is 39.2 Å². The fraction of sp³-hybridized carbons (Fsp3) is 0.333. The van der Waals surface area contributed by atoms with Gasteiger partial charge in [-0.25, -0.2) is 18.5 Å². The molecule has 0 radical (unpaired) electrons. The summed E-state index contributed by atoms with van der Waals surface area (Å²) in [6, 6.07) is 4.83. The summed E-state index contributed by atoms with van der Waals surface area (Å²) in [5.41, 5.74) is 0.0960. The number of carbonyl (C=O) groups is 2. The minimum atomic E-state index is -3.95. The molecule has 28 heavy (non-hydrogen) atoms. The van der Waals surface area contributed by atoms with Crippen molar-refractivity contribution in [3.8, 4) is 0 Å². The average molecular weight is 525 g/mol. The standard InChI is InChI=1S/C15H8Cl6N2O4S/c16-9-10(17)14(19)8-7(13(9,18)15(14,20)21)11(24)23(12(8)25)5-1-3-6(4-2-5)28(22,26)27/h1-4,7-8H,(H2,22,26,27)/t7-,8-,13-,14-/m0/s1. The highest BCUT2D eigenvalue weighted by Gasteiger charge is 2.87. The topological polar surface area (TPSA) is 97.5 Å². The number of allylic oxidation sites excluding steroid dienone is 2. The molecule has 2 fully saturated rings. The van der Waals surface area contributed by atoms with Gasteiger partial charge in [0.05, 0.1) is 32.5 Å². The van der Waals surface area contributed by atoms with E-state index in [4.69, 9.17) is 74.7 Å². The van der Waals surface area contributed by atoms with Gasteiger partial charge < -0.3 is 0 Å². The molecule has 13 heteroatoms. The molecule has 1 saturated heterocycles. The molecule has 0 unspecified atom stereocenters. The normalized spacial score (nSPS) is 36.5. The molecule has 1 aromatic rings. The molecule has 1 aliphatic heterocycles. The zero-order valence-corrected chi connectivity index (χ0v) is 18.6. The summed E-state index contributed by atoms with van der Waals surface area (Å²) >= 11 is 38.4. The number of hydrogen-bond acceptors (Lipinski definition) is 4. The van der Waals surface area contributed by atoms with Crippen LogP contribution in [0.25, 0.3) is 0 Å². The van der Waals surface area contributed by atoms with E-state index in [1.807, 2.05) is 0 Å². The van der Waals surface area contributed by atoms with E-state index in [0.717, 1.165) is 17.0 Å². The van der Waals surface area contributed by atoms with Gasteiger partial charge in [-0.3, -0.25) is 9.59 Å². The zero-order valence-electron chi connectivity index (χ0n) is 13.3. The highest BCUT2D eigenvalue weighted by molar-refractivity contribution is 7.89. The van der Waals surface area contributed by atoms with E-state index < -0.39 is 47.8 Å². The number of imide groups is 1. The number of alkyl halides is 4. The molecule has 2 bridgehead atoms. The van der Waals surface area contributed by atoms with Crippen LogP contribution in [-0.4, -0.2) is 34.3 Å². The van der Waals surface area contributed by atoms with Crippen LogP contribution in [-0.2, 0) is 19.6 Å². The Hall–Kier alpha value is -0.250. The molecule has 1 aromatic carbocycles. The van der Waals surface area contributed by atoms with Crippen LogP contribution in [0.4, 0.5) is 5.69 Å². The Kier molecular flexibility index (Phi) is 4.44.